The van der Waals surface area contributed by atoms with Gasteiger partial charge in [-0.05, 0) is 12.1 Å². The van der Waals surface area contributed by atoms with Crippen LogP contribution in [0.15, 0.2) is 52.4 Å². The van der Waals surface area contributed by atoms with Crippen molar-refractivity contribution in [2.45, 2.75) is 0 Å². The van der Waals surface area contributed by atoms with E-state index in [1.807, 2.05) is 5.48 Å². The highest BCUT2D eigenvalue weighted by Crippen LogP contribution is 2.31. The van der Waals surface area contributed by atoms with Gasteiger partial charge in [0.25, 0.3) is 5.69 Å². The molecule has 0 atom stereocenters. The molecule has 1 aliphatic rings. The zero-order valence-corrected chi connectivity index (χ0v) is 12.5. The Morgan fingerprint density at radius 3 is 2.70 bits per heavy atom. The second-order valence-electron chi connectivity index (χ2n) is 4.77. The van der Waals surface area contributed by atoms with Gasteiger partial charge in [0.05, 0.1) is 22.9 Å². The lowest BCUT2D eigenvalue weighted by atomic mass is 10.00. The van der Waals surface area contributed by atoms with Crippen molar-refractivity contribution in [3.63, 3.8) is 0 Å². The highest BCUT2D eigenvalue weighted by Gasteiger charge is 2.20. The van der Waals surface area contributed by atoms with Crippen LogP contribution in [0.25, 0.3) is 0 Å². The number of hydroxylamine groups is 1. The standard InChI is InChI=1S/C15H11ClN4O3/c16-12-4-2-1-3-10(12)15-11-7-9(20(22)23)5-6-13(11)18-14(19-21)8-17-15/h1-7,21H,8H2,(H,18,19). The quantitative estimate of drug-likeness (QED) is 0.652. The minimum atomic E-state index is -0.482. The van der Waals surface area contributed by atoms with Crippen LogP contribution in [0.4, 0.5) is 11.4 Å². The van der Waals surface area contributed by atoms with Crippen LogP contribution in [-0.4, -0.2) is 28.2 Å². The number of halogens is 1. The number of nitrogens with one attached hydrogen (secondary N) is 1. The van der Waals surface area contributed by atoms with E-state index >= 15 is 0 Å². The molecule has 1 heterocycles. The number of nitro groups is 1. The first-order valence-corrected chi connectivity index (χ1v) is 7.04. The lowest BCUT2D eigenvalue weighted by molar-refractivity contribution is -0.384. The summed E-state index contributed by atoms with van der Waals surface area (Å²) in [6, 6.07) is 11.4. The topological polar surface area (TPSA) is 100 Å². The molecule has 0 fully saturated rings. The first-order valence-electron chi connectivity index (χ1n) is 6.66. The fraction of sp³-hybridized carbons (Fsp3) is 0.0667. The number of non-ortho nitro benzene ring substituents is 1. The smallest absolute Gasteiger partial charge is 0.270 e. The van der Waals surface area contributed by atoms with Gasteiger partial charge in [0.1, 0.15) is 5.84 Å². The molecule has 0 saturated heterocycles. The van der Waals surface area contributed by atoms with E-state index in [1.165, 1.54) is 18.2 Å². The molecule has 0 unspecified atom stereocenters. The lowest BCUT2D eigenvalue weighted by Gasteiger charge is -2.09. The van der Waals surface area contributed by atoms with E-state index in [-0.39, 0.29) is 18.1 Å². The molecule has 0 aromatic heterocycles. The summed E-state index contributed by atoms with van der Waals surface area (Å²) in [5.74, 6) is 0.238. The maximum atomic E-state index is 11.1. The highest BCUT2D eigenvalue weighted by atomic mass is 35.5. The number of hydrogen-bond acceptors (Lipinski definition) is 6. The van der Waals surface area contributed by atoms with Gasteiger partial charge in [-0.3, -0.25) is 25.8 Å². The minimum Gasteiger partial charge on any atom is -0.290 e. The molecule has 7 nitrogen and oxygen atoms in total. The summed E-state index contributed by atoms with van der Waals surface area (Å²) in [5, 5.41) is 20.6. The Balaban J connectivity index is 2.24. The van der Waals surface area contributed by atoms with Crippen molar-refractivity contribution in [3.05, 3.63) is 68.7 Å². The van der Waals surface area contributed by atoms with E-state index in [0.29, 0.717) is 27.5 Å². The first-order chi connectivity index (χ1) is 11.1. The number of nitrogens with zero attached hydrogens (tertiary/aromatic N) is 3. The third kappa shape index (κ3) is 2.92. The SMILES string of the molecule is O=[N+]([O-])c1ccc2c(c1)C(c1ccccc1Cl)=NCC(NO)=N2. The van der Waals surface area contributed by atoms with E-state index in [1.54, 1.807) is 24.3 Å². The molecule has 3 rings (SSSR count). The number of amidine groups is 1. The average Bonchev–Trinajstić information content (AvgIpc) is 2.73. The molecule has 2 aromatic carbocycles. The van der Waals surface area contributed by atoms with Crippen LogP contribution in [0.3, 0.4) is 0 Å². The Kier molecular flexibility index (Phi) is 4.05. The number of rotatable bonds is 2. The molecule has 2 aromatic rings. The molecule has 0 amide bonds. The van der Waals surface area contributed by atoms with Crippen molar-refractivity contribution in [2.75, 3.05) is 6.54 Å². The Bertz CT molecular complexity index is 848. The van der Waals surface area contributed by atoms with Gasteiger partial charge in [-0.15, -0.1) is 0 Å². The second-order valence-corrected chi connectivity index (χ2v) is 5.18. The third-order valence-corrected chi connectivity index (χ3v) is 3.68. The maximum Gasteiger partial charge on any atom is 0.270 e. The molecule has 8 heteroatoms. The van der Waals surface area contributed by atoms with Gasteiger partial charge in [-0.25, -0.2) is 4.99 Å². The van der Waals surface area contributed by atoms with Gasteiger partial charge in [0, 0.05) is 28.3 Å². The van der Waals surface area contributed by atoms with Crippen molar-refractivity contribution in [2.24, 2.45) is 9.98 Å². The maximum absolute atomic E-state index is 11.1. The summed E-state index contributed by atoms with van der Waals surface area (Å²) in [7, 11) is 0. The Hall–Kier alpha value is -2.77. The number of benzene rings is 2. The summed E-state index contributed by atoms with van der Waals surface area (Å²) in [6.07, 6.45) is 0. The van der Waals surface area contributed by atoms with Crippen molar-refractivity contribution in [3.8, 4) is 0 Å². The van der Waals surface area contributed by atoms with E-state index in [9.17, 15) is 10.1 Å². The molecule has 23 heavy (non-hydrogen) atoms. The number of fused-ring (bicyclic) bond motifs is 1. The molecule has 0 bridgehead atoms. The molecule has 0 spiro atoms. The summed E-state index contributed by atoms with van der Waals surface area (Å²) < 4.78 is 0. The highest BCUT2D eigenvalue weighted by molar-refractivity contribution is 6.36. The van der Waals surface area contributed by atoms with Crippen LogP contribution in [-0.2, 0) is 0 Å². The predicted octanol–water partition coefficient (Wildman–Crippen LogP) is 3.11. The molecule has 1 aliphatic heterocycles. The van der Waals surface area contributed by atoms with Gasteiger partial charge in [-0.1, -0.05) is 29.8 Å². The van der Waals surface area contributed by atoms with Gasteiger partial charge in [-0.2, -0.15) is 0 Å². The van der Waals surface area contributed by atoms with E-state index in [4.69, 9.17) is 16.8 Å². The fourth-order valence-corrected chi connectivity index (χ4v) is 2.51. The van der Waals surface area contributed by atoms with Gasteiger partial charge in [0.15, 0.2) is 0 Å². The summed E-state index contributed by atoms with van der Waals surface area (Å²) >= 11 is 6.23. The molecule has 116 valence electrons. The van der Waals surface area contributed by atoms with E-state index < -0.39 is 4.92 Å². The van der Waals surface area contributed by atoms with Crippen molar-refractivity contribution >= 4 is 34.5 Å². The van der Waals surface area contributed by atoms with Crippen LogP contribution in [0, 0.1) is 10.1 Å². The zero-order chi connectivity index (χ0) is 16.4. The van der Waals surface area contributed by atoms with Crippen LogP contribution in [0.1, 0.15) is 11.1 Å². The Labute approximate surface area is 136 Å². The number of aliphatic imine (C=N–C) groups is 2. The third-order valence-electron chi connectivity index (χ3n) is 3.35. The van der Waals surface area contributed by atoms with Crippen molar-refractivity contribution < 1.29 is 10.1 Å². The predicted molar refractivity (Wildman–Crippen MR) is 87.1 cm³/mol. The Morgan fingerprint density at radius 2 is 2.00 bits per heavy atom. The molecular formula is C15H11ClN4O3. The Morgan fingerprint density at radius 1 is 1.22 bits per heavy atom. The average molecular weight is 331 g/mol. The first kappa shape index (κ1) is 15.1. The summed E-state index contributed by atoms with van der Waals surface area (Å²) in [6.45, 7) is 0.0968. The lowest BCUT2D eigenvalue weighted by Crippen LogP contribution is -2.21. The number of nitro benzene ring substituents is 1. The van der Waals surface area contributed by atoms with E-state index in [2.05, 4.69) is 9.98 Å². The fourth-order valence-electron chi connectivity index (χ4n) is 2.29. The largest absolute Gasteiger partial charge is 0.290 e. The molecule has 0 aliphatic carbocycles. The van der Waals surface area contributed by atoms with Crippen LogP contribution in [0.2, 0.25) is 5.02 Å². The second kappa shape index (κ2) is 6.15. The molecular weight excluding hydrogens is 320 g/mol. The van der Waals surface area contributed by atoms with Crippen molar-refractivity contribution in [1.82, 2.24) is 5.48 Å². The summed E-state index contributed by atoms with van der Waals surface area (Å²) in [5.41, 5.74) is 3.99. The zero-order valence-electron chi connectivity index (χ0n) is 11.7. The van der Waals surface area contributed by atoms with Crippen LogP contribution >= 0.6 is 11.6 Å². The molecule has 0 saturated carbocycles. The van der Waals surface area contributed by atoms with Crippen molar-refractivity contribution in [1.29, 1.82) is 0 Å². The van der Waals surface area contributed by atoms with Crippen LogP contribution in [0.5, 0.6) is 0 Å². The van der Waals surface area contributed by atoms with Gasteiger partial charge < -0.3 is 0 Å². The molecule has 0 radical (unpaired) electrons. The van der Waals surface area contributed by atoms with Gasteiger partial charge in [0.2, 0.25) is 0 Å². The van der Waals surface area contributed by atoms with E-state index in [0.717, 1.165) is 0 Å². The minimum absolute atomic E-state index is 0.0703. The van der Waals surface area contributed by atoms with Crippen LogP contribution < -0.4 is 5.48 Å². The monoisotopic (exact) mass is 330 g/mol. The normalized spacial score (nSPS) is 13.5. The van der Waals surface area contributed by atoms with Gasteiger partial charge >= 0.3 is 0 Å². The molecule has 2 N–H and O–H groups in total. The number of hydrogen-bond donors (Lipinski definition) is 2. The summed E-state index contributed by atoms with van der Waals surface area (Å²) in [4.78, 5) is 19.2.